The molecule has 32 heavy (non-hydrogen) atoms. The molecule has 0 N–H and O–H groups in total. The van der Waals surface area contributed by atoms with Crippen molar-refractivity contribution in [3.05, 3.63) is 74.4 Å². The Morgan fingerprint density at radius 1 is 1.16 bits per heavy atom. The standard InChI is InChI=1S/C24H23ClN2O5/c1-24(2)12-19-23(20(28)13-24)16(15-6-4-5-7-21(15)32-3)11-22(29)26(19)18-9-8-14(27(30)31)10-17(18)25/h4-10,16H,11-13H2,1-3H3. The monoisotopic (exact) mass is 454 g/mol. The average molecular weight is 455 g/mol. The maximum absolute atomic E-state index is 13.5. The van der Waals surface area contributed by atoms with Crippen molar-refractivity contribution in [2.45, 2.75) is 39.0 Å². The Balaban J connectivity index is 1.92. The smallest absolute Gasteiger partial charge is 0.271 e. The number of methoxy groups -OCH3 is 1. The molecule has 0 bridgehead atoms. The van der Waals surface area contributed by atoms with Crippen molar-refractivity contribution in [3.63, 3.8) is 0 Å². The summed E-state index contributed by atoms with van der Waals surface area (Å²) in [6, 6.07) is 11.4. The van der Waals surface area contributed by atoms with Gasteiger partial charge in [-0.25, -0.2) is 0 Å². The molecule has 2 aromatic carbocycles. The SMILES string of the molecule is COc1ccccc1C1CC(=O)N(c2ccc([N+](=O)[O-])cc2Cl)C2=C1C(=O)CC(C)(C)C2. The number of amides is 1. The lowest BCUT2D eigenvalue weighted by atomic mass is 9.69. The number of carbonyl (C=O) groups is 2. The van der Waals surface area contributed by atoms with Gasteiger partial charge in [0.15, 0.2) is 5.78 Å². The molecule has 1 amide bonds. The third-order valence-electron chi connectivity index (χ3n) is 6.04. The summed E-state index contributed by atoms with van der Waals surface area (Å²) >= 11 is 6.39. The molecule has 0 fully saturated rings. The highest BCUT2D eigenvalue weighted by molar-refractivity contribution is 6.34. The number of para-hydroxylation sites is 1. The van der Waals surface area contributed by atoms with E-state index in [0.29, 0.717) is 35.5 Å². The third kappa shape index (κ3) is 3.77. The van der Waals surface area contributed by atoms with Gasteiger partial charge in [-0.3, -0.25) is 24.6 Å². The van der Waals surface area contributed by atoms with Crippen LogP contribution in [0.4, 0.5) is 11.4 Å². The number of ether oxygens (including phenoxy) is 1. The van der Waals surface area contributed by atoms with Crippen LogP contribution in [-0.4, -0.2) is 23.7 Å². The maximum Gasteiger partial charge on any atom is 0.271 e. The molecule has 1 aliphatic carbocycles. The number of benzene rings is 2. The molecule has 8 heteroatoms. The van der Waals surface area contributed by atoms with E-state index in [-0.39, 0.29) is 34.2 Å². The van der Waals surface area contributed by atoms with Crippen molar-refractivity contribution in [1.29, 1.82) is 0 Å². The zero-order chi connectivity index (χ0) is 23.2. The molecule has 4 rings (SSSR count). The summed E-state index contributed by atoms with van der Waals surface area (Å²) in [4.78, 5) is 38.9. The number of allylic oxidation sites excluding steroid dienone is 2. The number of rotatable bonds is 4. The molecule has 166 valence electrons. The minimum absolute atomic E-state index is 0.0114. The number of non-ortho nitro benzene ring substituents is 1. The van der Waals surface area contributed by atoms with Crippen molar-refractivity contribution in [2.75, 3.05) is 12.0 Å². The van der Waals surface area contributed by atoms with Gasteiger partial charge in [-0.1, -0.05) is 43.6 Å². The molecule has 1 atom stereocenters. The fourth-order valence-corrected chi connectivity index (χ4v) is 4.96. The quantitative estimate of drug-likeness (QED) is 0.454. The number of Topliss-reactive ketones (excluding diaryl/α,β-unsaturated/α-hetero) is 1. The van der Waals surface area contributed by atoms with Crippen LogP contribution in [0.1, 0.15) is 44.6 Å². The highest BCUT2D eigenvalue weighted by Crippen LogP contribution is 2.50. The molecule has 0 radical (unpaired) electrons. The number of carbonyl (C=O) groups excluding carboxylic acids is 2. The van der Waals surface area contributed by atoms with Gasteiger partial charge in [0, 0.05) is 47.7 Å². The van der Waals surface area contributed by atoms with E-state index in [1.165, 1.54) is 23.1 Å². The summed E-state index contributed by atoms with van der Waals surface area (Å²) in [6.45, 7) is 3.98. The first-order valence-corrected chi connectivity index (χ1v) is 10.7. The van der Waals surface area contributed by atoms with Crippen LogP contribution in [0.3, 0.4) is 0 Å². The van der Waals surface area contributed by atoms with Gasteiger partial charge < -0.3 is 4.74 Å². The molecule has 0 spiro atoms. The van der Waals surface area contributed by atoms with Crippen molar-refractivity contribution < 1.29 is 19.2 Å². The molecule has 0 aromatic heterocycles. The molecule has 2 aromatic rings. The highest BCUT2D eigenvalue weighted by atomic mass is 35.5. The summed E-state index contributed by atoms with van der Waals surface area (Å²) in [5, 5.41) is 11.2. The zero-order valence-corrected chi connectivity index (χ0v) is 18.8. The van der Waals surface area contributed by atoms with Crippen molar-refractivity contribution in [2.24, 2.45) is 5.41 Å². The Morgan fingerprint density at radius 3 is 2.53 bits per heavy atom. The normalized spacial score (nSPS) is 20.2. The number of hydrogen-bond donors (Lipinski definition) is 0. The van der Waals surface area contributed by atoms with Gasteiger partial charge >= 0.3 is 0 Å². The summed E-state index contributed by atoms with van der Waals surface area (Å²) in [5.74, 6) is -0.0366. The lowest BCUT2D eigenvalue weighted by Crippen LogP contribution is -2.43. The first-order valence-electron chi connectivity index (χ1n) is 10.3. The van der Waals surface area contributed by atoms with E-state index >= 15 is 0 Å². The first-order chi connectivity index (χ1) is 15.1. The molecule has 0 saturated heterocycles. The van der Waals surface area contributed by atoms with Crippen LogP contribution in [0.15, 0.2) is 53.7 Å². The molecule has 2 aliphatic rings. The fourth-order valence-electron chi connectivity index (χ4n) is 4.71. The second-order valence-corrected chi connectivity index (χ2v) is 9.33. The van der Waals surface area contributed by atoms with Gasteiger partial charge in [-0.2, -0.15) is 0 Å². The second-order valence-electron chi connectivity index (χ2n) is 8.92. The fraction of sp³-hybridized carbons (Fsp3) is 0.333. The predicted octanol–water partition coefficient (Wildman–Crippen LogP) is 5.42. The van der Waals surface area contributed by atoms with E-state index < -0.39 is 10.8 Å². The molecular weight excluding hydrogens is 432 g/mol. The highest BCUT2D eigenvalue weighted by Gasteiger charge is 2.45. The average Bonchev–Trinajstić information content (AvgIpc) is 2.72. The first kappa shape index (κ1) is 22.0. The van der Waals surface area contributed by atoms with E-state index in [9.17, 15) is 19.7 Å². The number of anilines is 1. The molecule has 1 heterocycles. The largest absolute Gasteiger partial charge is 0.496 e. The Kier molecular flexibility index (Phi) is 5.54. The van der Waals surface area contributed by atoms with E-state index in [2.05, 4.69) is 0 Å². The molecule has 1 unspecified atom stereocenters. The van der Waals surface area contributed by atoms with Crippen molar-refractivity contribution in [1.82, 2.24) is 0 Å². The van der Waals surface area contributed by atoms with Gasteiger partial charge in [-0.15, -0.1) is 0 Å². The number of nitrogens with zero attached hydrogens (tertiary/aromatic N) is 2. The number of hydrogen-bond acceptors (Lipinski definition) is 5. The Bertz CT molecular complexity index is 1170. The Morgan fingerprint density at radius 2 is 1.88 bits per heavy atom. The Hall–Kier alpha value is -3.19. The van der Waals surface area contributed by atoms with Gasteiger partial charge in [0.05, 0.1) is 22.7 Å². The number of nitro benzene ring substituents is 1. The van der Waals surface area contributed by atoms with Gasteiger partial charge in [0.25, 0.3) is 5.69 Å². The molecule has 1 aliphatic heterocycles. The molecule has 7 nitrogen and oxygen atoms in total. The van der Waals surface area contributed by atoms with Crippen LogP contribution in [0, 0.1) is 15.5 Å². The Labute approximate surface area is 190 Å². The van der Waals surface area contributed by atoms with Gasteiger partial charge in [0.1, 0.15) is 5.75 Å². The second kappa shape index (κ2) is 8.06. The van der Waals surface area contributed by atoms with E-state index in [4.69, 9.17) is 16.3 Å². The van der Waals surface area contributed by atoms with Crippen LogP contribution >= 0.6 is 11.6 Å². The van der Waals surface area contributed by atoms with Crippen LogP contribution < -0.4 is 9.64 Å². The summed E-state index contributed by atoms with van der Waals surface area (Å²) in [5.41, 5.74) is 1.82. The van der Waals surface area contributed by atoms with Crippen LogP contribution in [0.2, 0.25) is 5.02 Å². The van der Waals surface area contributed by atoms with Crippen LogP contribution in [-0.2, 0) is 9.59 Å². The summed E-state index contributed by atoms with van der Waals surface area (Å²) < 4.78 is 5.51. The van der Waals surface area contributed by atoms with Crippen molar-refractivity contribution in [3.8, 4) is 5.75 Å². The molecular formula is C24H23ClN2O5. The van der Waals surface area contributed by atoms with Crippen LogP contribution in [0.25, 0.3) is 0 Å². The minimum Gasteiger partial charge on any atom is -0.496 e. The lowest BCUT2D eigenvalue weighted by Gasteiger charge is -2.43. The van der Waals surface area contributed by atoms with Crippen LogP contribution in [0.5, 0.6) is 5.75 Å². The topological polar surface area (TPSA) is 89.8 Å². The van der Waals surface area contributed by atoms with E-state index in [1.54, 1.807) is 7.11 Å². The number of halogens is 1. The predicted molar refractivity (Wildman–Crippen MR) is 121 cm³/mol. The minimum atomic E-state index is -0.538. The lowest BCUT2D eigenvalue weighted by molar-refractivity contribution is -0.384. The zero-order valence-electron chi connectivity index (χ0n) is 18.1. The van der Waals surface area contributed by atoms with Gasteiger partial charge in [-0.05, 0) is 24.0 Å². The summed E-state index contributed by atoms with van der Waals surface area (Å²) in [6.07, 6.45) is 0.935. The van der Waals surface area contributed by atoms with E-state index in [0.717, 1.165) is 5.56 Å². The maximum atomic E-state index is 13.5. The van der Waals surface area contributed by atoms with Crippen molar-refractivity contribution >= 4 is 34.7 Å². The third-order valence-corrected chi connectivity index (χ3v) is 6.34. The molecule has 0 saturated carbocycles. The van der Waals surface area contributed by atoms with E-state index in [1.807, 2.05) is 38.1 Å². The number of nitro groups is 1. The van der Waals surface area contributed by atoms with Gasteiger partial charge in [0.2, 0.25) is 5.91 Å². The number of ketones is 1. The summed E-state index contributed by atoms with van der Waals surface area (Å²) in [7, 11) is 1.56.